The number of carbonyl (C=O) groups excluding carboxylic acids is 1. The number of carbonyl (C=O) groups is 1. The first-order valence-corrected chi connectivity index (χ1v) is 7.44. The van der Waals surface area contributed by atoms with Crippen molar-refractivity contribution in [2.24, 2.45) is 0 Å². The minimum atomic E-state index is 0.146. The van der Waals surface area contributed by atoms with Crippen molar-refractivity contribution in [1.82, 2.24) is 9.38 Å². The van der Waals surface area contributed by atoms with E-state index in [9.17, 15) is 4.79 Å². The number of aryl methyl sites for hydroxylation is 1. The highest BCUT2D eigenvalue weighted by atomic mass is 16.1. The Morgan fingerprint density at radius 3 is 2.36 bits per heavy atom. The second-order valence-corrected chi connectivity index (χ2v) is 6.75. The van der Waals surface area contributed by atoms with Crippen LogP contribution >= 0.6 is 0 Å². The minimum absolute atomic E-state index is 0.146. The van der Waals surface area contributed by atoms with Crippen LogP contribution in [0.15, 0.2) is 42.7 Å². The summed E-state index contributed by atoms with van der Waals surface area (Å²) in [5.74, 6) is 0. The van der Waals surface area contributed by atoms with Gasteiger partial charge in [-0.2, -0.15) is 0 Å². The van der Waals surface area contributed by atoms with Crippen molar-refractivity contribution in [3.05, 3.63) is 59.4 Å². The smallest absolute Gasteiger partial charge is 0.151 e. The van der Waals surface area contributed by atoms with Gasteiger partial charge in [0.25, 0.3) is 0 Å². The first kappa shape index (κ1) is 14.5. The number of fused-ring (bicyclic) bond motifs is 1. The van der Waals surface area contributed by atoms with Crippen molar-refractivity contribution in [1.29, 1.82) is 0 Å². The van der Waals surface area contributed by atoms with E-state index in [2.05, 4.69) is 50.0 Å². The Hall–Kier alpha value is -2.42. The highest BCUT2D eigenvalue weighted by Crippen LogP contribution is 2.26. The quantitative estimate of drug-likeness (QED) is 0.655. The van der Waals surface area contributed by atoms with E-state index in [0.29, 0.717) is 5.56 Å². The van der Waals surface area contributed by atoms with Gasteiger partial charge in [-0.3, -0.25) is 4.79 Å². The zero-order valence-electron chi connectivity index (χ0n) is 13.4. The Balaban J connectivity index is 2.05. The topological polar surface area (TPSA) is 34.4 Å². The van der Waals surface area contributed by atoms with Gasteiger partial charge in [-0.1, -0.05) is 45.0 Å². The van der Waals surface area contributed by atoms with Gasteiger partial charge in [0.1, 0.15) is 5.65 Å². The highest BCUT2D eigenvalue weighted by molar-refractivity contribution is 5.78. The van der Waals surface area contributed by atoms with Crippen LogP contribution in [0.5, 0.6) is 0 Å². The third-order valence-corrected chi connectivity index (χ3v) is 4.01. The number of pyridine rings is 1. The summed E-state index contributed by atoms with van der Waals surface area (Å²) in [6, 6.07) is 10.5. The van der Waals surface area contributed by atoms with Gasteiger partial charge in [0.05, 0.1) is 5.69 Å². The Morgan fingerprint density at radius 2 is 1.77 bits per heavy atom. The van der Waals surface area contributed by atoms with Crippen molar-refractivity contribution in [3.63, 3.8) is 0 Å². The molecule has 3 aromatic rings. The lowest BCUT2D eigenvalue weighted by Crippen LogP contribution is -2.10. The van der Waals surface area contributed by atoms with Gasteiger partial charge in [-0.05, 0) is 29.5 Å². The molecule has 0 aliphatic rings. The molecule has 1 aromatic carbocycles. The molecule has 0 fully saturated rings. The van der Waals surface area contributed by atoms with Crippen LogP contribution < -0.4 is 0 Å². The van der Waals surface area contributed by atoms with Gasteiger partial charge in [0.2, 0.25) is 0 Å². The summed E-state index contributed by atoms with van der Waals surface area (Å²) < 4.78 is 1.91. The second kappa shape index (κ2) is 5.09. The van der Waals surface area contributed by atoms with Crippen LogP contribution in [0, 0.1) is 6.92 Å². The molecular weight excluding hydrogens is 272 g/mol. The van der Waals surface area contributed by atoms with E-state index in [1.165, 1.54) is 5.56 Å². The number of aldehydes is 1. The molecule has 112 valence electrons. The van der Waals surface area contributed by atoms with Crippen molar-refractivity contribution in [3.8, 4) is 11.3 Å². The van der Waals surface area contributed by atoms with Gasteiger partial charge in [0.15, 0.2) is 6.29 Å². The molecule has 0 atom stereocenters. The van der Waals surface area contributed by atoms with Crippen molar-refractivity contribution in [2.75, 3.05) is 0 Å². The number of hydrogen-bond donors (Lipinski definition) is 0. The normalized spacial score (nSPS) is 11.8. The zero-order valence-corrected chi connectivity index (χ0v) is 13.4. The van der Waals surface area contributed by atoms with E-state index < -0.39 is 0 Å². The van der Waals surface area contributed by atoms with Crippen LogP contribution in [0.25, 0.3) is 16.9 Å². The third-order valence-electron chi connectivity index (χ3n) is 4.01. The molecule has 2 aromatic heterocycles. The molecule has 0 amide bonds. The molecule has 0 N–H and O–H groups in total. The number of rotatable bonds is 2. The molecule has 3 rings (SSSR count). The predicted molar refractivity (Wildman–Crippen MR) is 89.5 cm³/mol. The van der Waals surface area contributed by atoms with Crippen LogP contribution in [0.3, 0.4) is 0 Å². The molecule has 3 heteroatoms. The molecule has 0 saturated heterocycles. The summed E-state index contributed by atoms with van der Waals surface area (Å²) >= 11 is 0. The minimum Gasteiger partial charge on any atom is -0.306 e. The van der Waals surface area contributed by atoms with Gasteiger partial charge < -0.3 is 4.40 Å². The summed E-state index contributed by atoms with van der Waals surface area (Å²) in [4.78, 5) is 15.7. The largest absolute Gasteiger partial charge is 0.306 e. The molecule has 0 unspecified atom stereocenters. The number of benzene rings is 1. The fourth-order valence-electron chi connectivity index (χ4n) is 2.55. The fraction of sp³-hybridized carbons (Fsp3) is 0.263. The Labute approximate surface area is 130 Å². The van der Waals surface area contributed by atoms with E-state index in [1.54, 1.807) is 0 Å². The van der Waals surface area contributed by atoms with Crippen LogP contribution in [0.2, 0.25) is 0 Å². The lowest BCUT2D eigenvalue weighted by molar-refractivity contribution is 0.112. The third kappa shape index (κ3) is 2.54. The molecule has 0 spiro atoms. The number of aromatic nitrogens is 2. The summed E-state index contributed by atoms with van der Waals surface area (Å²) in [6.45, 7) is 8.54. The second-order valence-electron chi connectivity index (χ2n) is 6.75. The van der Waals surface area contributed by atoms with Crippen LogP contribution in [0.1, 0.15) is 42.3 Å². The molecule has 3 nitrogen and oxygen atoms in total. The summed E-state index contributed by atoms with van der Waals surface area (Å²) in [5.41, 5.74) is 5.96. The van der Waals surface area contributed by atoms with E-state index in [0.717, 1.165) is 28.8 Å². The standard InChI is InChI=1S/C19H20N2O/c1-13-9-18-20-17(11-21(18)10-15(13)12-22)14-5-7-16(8-6-14)19(2,3)4/h5-12H,1-4H3. The Kier molecular flexibility index (Phi) is 3.36. The fourth-order valence-corrected chi connectivity index (χ4v) is 2.55. The number of hydrogen-bond acceptors (Lipinski definition) is 2. The summed E-state index contributed by atoms with van der Waals surface area (Å²) in [6.07, 6.45) is 4.68. The maximum Gasteiger partial charge on any atom is 0.151 e. The van der Waals surface area contributed by atoms with E-state index >= 15 is 0 Å². The van der Waals surface area contributed by atoms with Gasteiger partial charge >= 0.3 is 0 Å². The zero-order chi connectivity index (χ0) is 15.9. The van der Waals surface area contributed by atoms with Crippen LogP contribution in [0.4, 0.5) is 0 Å². The van der Waals surface area contributed by atoms with E-state index in [-0.39, 0.29) is 5.41 Å². The van der Waals surface area contributed by atoms with Crippen molar-refractivity contribution in [2.45, 2.75) is 33.1 Å². The lowest BCUT2D eigenvalue weighted by Gasteiger charge is -2.18. The number of nitrogens with zero attached hydrogens (tertiary/aromatic N) is 2. The first-order valence-electron chi connectivity index (χ1n) is 7.44. The monoisotopic (exact) mass is 292 g/mol. The molecule has 22 heavy (non-hydrogen) atoms. The molecule has 0 saturated carbocycles. The average Bonchev–Trinajstić information content (AvgIpc) is 2.88. The average molecular weight is 292 g/mol. The van der Waals surface area contributed by atoms with Crippen molar-refractivity contribution >= 4 is 11.9 Å². The predicted octanol–water partition coefficient (Wildman–Crippen LogP) is 4.42. The molecule has 0 aliphatic heterocycles. The Bertz CT molecular complexity index is 836. The van der Waals surface area contributed by atoms with Crippen LogP contribution in [-0.2, 0) is 5.41 Å². The van der Waals surface area contributed by atoms with Gasteiger partial charge in [0, 0.05) is 23.5 Å². The Morgan fingerprint density at radius 1 is 1.09 bits per heavy atom. The van der Waals surface area contributed by atoms with Gasteiger partial charge in [-0.25, -0.2) is 4.98 Å². The molecule has 2 heterocycles. The summed E-state index contributed by atoms with van der Waals surface area (Å²) in [7, 11) is 0. The van der Waals surface area contributed by atoms with E-state index in [1.807, 2.05) is 29.8 Å². The number of imidazole rings is 1. The SMILES string of the molecule is Cc1cc2nc(-c3ccc(C(C)(C)C)cc3)cn2cc1C=O. The maximum atomic E-state index is 11.0. The van der Waals surface area contributed by atoms with Crippen LogP contribution in [-0.4, -0.2) is 15.7 Å². The summed E-state index contributed by atoms with van der Waals surface area (Å²) in [5, 5.41) is 0. The highest BCUT2D eigenvalue weighted by Gasteiger charge is 2.14. The molecule has 0 bridgehead atoms. The maximum absolute atomic E-state index is 11.0. The first-order chi connectivity index (χ1) is 10.4. The van der Waals surface area contributed by atoms with Crippen molar-refractivity contribution < 1.29 is 4.79 Å². The molecule has 0 radical (unpaired) electrons. The van der Waals surface area contributed by atoms with E-state index in [4.69, 9.17) is 0 Å². The lowest BCUT2D eigenvalue weighted by atomic mass is 9.86. The molecule has 0 aliphatic carbocycles. The molecular formula is C19H20N2O. The van der Waals surface area contributed by atoms with Gasteiger partial charge in [-0.15, -0.1) is 0 Å².